The summed E-state index contributed by atoms with van der Waals surface area (Å²) in [7, 11) is 1.66. The number of nitrogens with two attached hydrogens (primary N) is 1. The Bertz CT molecular complexity index is 1190. The molecule has 0 saturated carbocycles. The normalized spacial score (nSPS) is 11.6. The smallest absolute Gasteiger partial charge is 0.222 e. The molecule has 0 aliphatic carbocycles. The van der Waals surface area contributed by atoms with Crippen molar-refractivity contribution in [1.29, 1.82) is 0 Å². The summed E-state index contributed by atoms with van der Waals surface area (Å²) >= 11 is 0. The summed E-state index contributed by atoms with van der Waals surface area (Å²) in [4.78, 5) is 13.5. The van der Waals surface area contributed by atoms with Crippen LogP contribution >= 0.6 is 0 Å². The molecule has 2 heterocycles. The lowest BCUT2D eigenvalue weighted by atomic mass is 10.1. The molecule has 0 bridgehead atoms. The van der Waals surface area contributed by atoms with Crippen LogP contribution in [0.4, 0.5) is 11.8 Å². The van der Waals surface area contributed by atoms with E-state index < -0.39 is 0 Å². The van der Waals surface area contributed by atoms with Crippen LogP contribution in [-0.4, -0.2) is 28.1 Å². The quantitative estimate of drug-likeness (QED) is 0.240. The van der Waals surface area contributed by atoms with E-state index in [1.54, 1.807) is 7.11 Å². The van der Waals surface area contributed by atoms with E-state index in [1.807, 2.05) is 80.0 Å². The summed E-state index contributed by atoms with van der Waals surface area (Å²) in [6.45, 7) is 5.21. The highest BCUT2D eigenvalue weighted by Gasteiger charge is 2.08. The van der Waals surface area contributed by atoms with Gasteiger partial charge in [0.15, 0.2) is 0 Å². The molecule has 1 unspecified atom stereocenters. The number of hydrogen-bond donors (Lipinski definition) is 3. The molecule has 0 amide bonds. The van der Waals surface area contributed by atoms with Crippen LogP contribution in [-0.2, 0) is 25.9 Å². The molecule has 4 N–H and O–H groups in total. The van der Waals surface area contributed by atoms with Gasteiger partial charge in [0.25, 0.3) is 0 Å². The van der Waals surface area contributed by atoms with Gasteiger partial charge in [-0.25, -0.2) is 9.97 Å². The fourth-order valence-corrected chi connectivity index (χ4v) is 3.74. The van der Waals surface area contributed by atoms with E-state index in [-0.39, 0.29) is 6.04 Å². The van der Waals surface area contributed by atoms with E-state index in [4.69, 9.17) is 15.2 Å². The third kappa shape index (κ3) is 7.91. The highest BCUT2D eigenvalue weighted by atomic mass is 16.5. The molecule has 0 spiro atoms. The molecule has 0 radical (unpaired) electrons. The Kier molecular flexibility index (Phi) is 8.89. The van der Waals surface area contributed by atoms with Crippen molar-refractivity contribution in [2.75, 3.05) is 17.7 Å². The first-order chi connectivity index (χ1) is 18.0. The molecule has 8 heteroatoms. The average molecular weight is 499 g/mol. The van der Waals surface area contributed by atoms with Gasteiger partial charge in [0, 0.05) is 37.6 Å². The van der Waals surface area contributed by atoms with E-state index >= 15 is 0 Å². The standard InChI is InChI=1S/C29H34N6O2/c1-4-21-16-32-29(33-17-21)34-19-24-14-27(31-18-23-7-9-25(36-3)10-8-23)35-28(15-24)37-26-11-5-22(6-12-26)13-20(2)30/h5-12,14-17,20H,4,13,18-19,30H2,1-3H3,(H,31,35)(H,32,33,34). The van der Waals surface area contributed by atoms with Gasteiger partial charge >= 0.3 is 0 Å². The van der Waals surface area contributed by atoms with E-state index in [2.05, 4.69) is 32.5 Å². The molecule has 192 valence electrons. The Labute approximate surface area is 218 Å². The largest absolute Gasteiger partial charge is 0.497 e. The van der Waals surface area contributed by atoms with E-state index in [0.717, 1.165) is 35.3 Å². The summed E-state index contributed by atoms with van der Waals surface area (Å²) in [5, 5.41) is 6.69. The van der Waals surface area contributed by atoms with Gasteiger partial charge < -0.3 is 25.8 Å². The second kappa shape index (κ2) is 12.7. The van der Waals surface area contributed by atoms with Crippen LogP contribution in [0.5, 0.6) is 17.4 Å². The molecule has 4 aromatic rings. The molecule has 0 fully saturated rings. The Balaban J connectivity index is 1.50. The van der Waals surface area contributed by atoms with Crippen LogP contribution in [0.2, 0.25) is 0 Å². The number of pyridine rings is 1. The number of aryl methyl sites for hydroxylation is 1. The summed E-state index contributed by atoms with van der Waals surface area (Å²) in [5.74, 6) is 3.32. The molecule has 8 nitrogen and oxygen atoms in total. The van der Waals surface area contributed by atoms with Crippen molar-refractivity contribution in [2.24, 2.45) is 5.73 Å². The number of ether oxygens (including phenoxy) is 2. The lowest BCUT2D eigenvalue weighted by molar-refractivity contribution is 0.414. The van der Waals surface area contributed by atoms with Crippen LogP contribution in [0.3, 0.4) is 0 Å². The van der Waals surface area contributed by atoms with Crippen molar-refractivity contribution >= 4 is 11.8 Å². The van der Waals surface area contributed by atoms with Gasteiger partial charge in [0.2, 0.25) is 11.8 Å². The number of rotatable bonds is 12. The zero-order valence-electron chi connectivity index (χ0n) is 21.6. The van der Waals surface area contributed by atoms with Gasteiger partial charge in [-0.15, -0.1) is 0 Å². The Morgan fingerprint density at radius 2 is 1.46 bits per heavy atom. The highest BCUT2D eigenvalue weighted by Crippen LogP contribution is 2.24. The summed E-state index contributed by atoms with van der Waals surface area (Å²) in [5.41, 5.74) is 10.3. The predicted octanol–water partition coefficient (Wildman–Crippen LogP) is 5.35. The van der Waals surface area contributed by atoms with Gasteiger partial charge in [-0.2, -0.15) is 4.98 Å². The molecular weight excluding hydrogens is 464 g/mol. The zero-order valence-corrected chi connectivity index (χ0v) is 21.6. The fourth-order valence-electron chi connectivity index (χ4n) is 3.74. The Morgan fingerprint density at radius 1 is 0.811 bits per heavy atom. The lowest BCUT2D eigenvalue weighted by Crippen LogP contribution is -2.17. The number of nitrogens with one attached hydrogen (secondary N) is 2. The Morgan fingerprint density at radius 3 is 2.11 bits per heavy atom. The van der Waals surface area contributed by atoms with E-state index in [0.29, 0.717) is 36.5 Å². The third-order valence-electron chi connectivity index (χ3n) is 5.76. The van der Waals surface area contributed by atoms with Crippen LogP contribution < -0.4 is 25.8 Å². The number of anilines is 2. The van der Waals surface area contributed by atoms with Gasteiger partial charge in [0.05, 0.1) is 7.11 Å². The topological polar surface area (TPSA) is 107 Å². The van der Waals surface area contributed by atoms with Crippen molar-refractivity contribution in [3.63, 3.8) is 0 Å². The minimum Gasteiger partial charge on any atom is -0.497 e. The van der Waals surface area contributed by atoms with Gasteiger partial charge in [-0.3, -0.25) is 0 Å². The maximum atomic E-state index is 6.13. The minimum absolute atomic E-state index is 0.110. The first kappa shape index (κ1) is 25.9. The Hall–Kier alpha value is -4.17. The number of methoxy groups -OCH3 is 1. The SMILES string of the molecule is CCc1cnc(NCc2cc(NCc3ccc(OC)cc3)nc(Oc3ccc(CC(C)N)cc3)c2)nc1. The maximum Gasteiger partial charge on any atom is 0.222 e. The van der Waals surface area contributed by atoms with Crippen LogP contribution in [0.1, 0.15) is 36.1 Å². The van der Waals surface area contributed by atoms with Crippen molar-refractivity contribution in [2.45, 2.75) is 45.8 Å². The lowest BCUT2D eigenvalue weighted by Gasteiger charge is -2.13. The average Bonchev–Trinajstić information content (AvgIpc) is 2.92. The first-order valence-corrected chi connectivity index (χ1v) is 12.5. The van der Waals surface area contributed by atoms with Gasteiger partial charge in [-0.1, -0.05) is 31.2 Å². The molecule has 0 saturated heterocycles. The van der Waals surface area contributed by atoms with Crippen LogP contribution in [0.15, 0.2) is 73.1 Å². The molecule has 0 aliphatic rings. The number of aromatic nitrogens is 3. The van der Waals surface area contributed by atoms with E-state index in [1.165, 1.54) is 5.56 Å². The number of benzene rings is 2. The summed E-state index contributed by atoms with van der Waals surface area (Å²) in [6.07, 6.45) is 5.40. The second-order valence-electron chi connectivity index (χ2n) is 8.95. The molecule has 4 rings (SSSR count). The summed E-state index contributed by atoms with van der Waals surface area (Å²) < 4.78 is 11.4. The van der Waals surface area contributed by atoms with Crippen molar-refractivity contribution in [3.8, 4) is 17.4 Å². The van der Waals surface area contributed by atoms with Crippen molar-refractivity contribution in [1.82, 2.24) is 15.0 Å². The van der Waals surface area contributed by atoms with E-state index in [9.17, 15) is 0 Å². The van der Waals surface area contributed by atoms with Crippen LogP contribution in [0, 0.1) is 0 Å². The van der Waals surface area contributed by atoms with Gasteiger partial charge in [0.1, 0.15) is 17.3 Å². The van der Waals surface area contributed by atoms with Crippen molar-refractivity contribution in [3.05, 3.63) is 95.3 Å². The molecule has 0 aliphatic heterocycles. The number of hydrogen-bond acceptors (Lipinski definition) is 8. The maximum absolute atomic E-state index is 6.13. The molecule has 2 aromatic carbocycles. The molecular formula is C29H34N6O2. The summed E-state index contributed by atoms with van der Waals surface area (Å²) in [6, 6.07) is 19.9. The zero-order chi connectivity index (χ0) is 26.0. The molecule has 37 heavy (non-hydrogen) atoms. The minimum atomic E-state index is 0.110. The first-order valence-electron chi connectivity index (χ1n) is 12.5. The predicted molar refractivity (Wildman–Crippen MR) is 147 cm³/mol. The highest BCUT2D eigenvalue weighted by molar-refractivity contribution is 5.45. The molecule has 2 aromatic heterocycles. The third-order valence-corrected chi connectivity index (χ3v) is 5.76. The fraction of sp³-hybridized carbons (Fsp3) is 0.276. The molecule has 1 atom stereocenters. The van der Waals surface area contributed by atoms with Crippen LogP contribution in [0.25, 0.3) is 0 Å². The monoisotopic (exact) mass is 498 g/mol. The van der Waals surface area contributed by atoms with Crippen molar-refractivity contribution < 1.29 is 9.47 Å². The second-order valence-corrected chi connectivity index (χ2v) is 8.95. The number of nitrogens with zero attached hydrogens (tertiary/aromatic N) is 3. The van der Waals surface area contributed by atoms with Gasteiger partial charge in [-0.05, 0) is 72.4 Å².